The maximum atomic E-state index is 12.0. The standard InChI is InChI=1S/C13H15NO2S/c1-10-5-3-4-6-12(10)8-17(15)9-13-7-11(2)16-14-13/h3-7H,8-9H2,1-2H3/t17-/m0/s1. The molecule has 0 unspecified atom stereocenters. The van der Waals surface area contributed by atoms with E-state index >= 15 is 0 Å². The van der Waals surface area contributed by atoms with Crippen LogP contribution in [0.4, 0.5) is 0 Å². The molecule has 0 fully saturated rings. The molecule has 1 atom stereocenters. The average Bonchev–Trinajstić information content (AvgIpc) is 2.67. The highest BCUT2D eigenvalue weighted by molar-refractivity contribution is 7.83. The molecule has 0 radical (unpaired) electrons. The molecule has 1 heterocycles. The van der Waals surface area contributed by atoms with Gasteiger partial charge in [0.15, 0.2) is 0 Å². The topological polar surface area (TPSA) is 43.1 Å². The van der Waals surface area contributed by atoms with Crippen molar-refractivity contribution in [2.24, 2.45) is 0 Å². The van der Waals surface area contributed by atoms with Crippen LogP contribution < -0.4 is 0 Å². The van der Waals surface area contributed by atoms with Crippen LogP contribution in [0.2, 0.25) is 0 Å². The van der Waals surface area contributed by atoms with Crippen molar-refractivity contribution in [2.75, 3.05) is 0 Å². The van der Waals surface area contributed by atoms with Crippen molar-refractivity contribution < 1.29 is 8.73 Å². The van der Waals surface area contributed by atoms with Gasteiger partial charge in [-0.3, -0.25) is 4.21 Å². The number of hydrogen-bond donors (Lipinski definition) is 0. The number of benzene rings is 1. The van der Waals surface area contributed by atoms with Gasteiger partial charge in [0.25, 0.3) is 0 Å². The van der Waals surface area contributed by atoms with E-state index in [4.69, 9.17) is 4.52 Å². The second kappa shape index (κ2) is 5.27. The summed E-state index contributed by atoms with van der Waals surface area (Å²) in [5.41, 5.74) is 3.07. The largest absolute Gasteiger partial charge is 0.361 e. The van der Waals surface area contributed by atoms with Crippen molar-refractivity contribution >= 4 is 10.8 Å². The monoisotopic (exact) mass is 249 g/mol. The highest BCUT2D eigenvalue weighted by Gasteiger charge is 2.08. The first kappa shape index (κ1) is 12.0. The fourth-order valence-electron chi connectivity index (χ4n) is 1.65. The molecule has 0 saturated heterocycles. The number of aromatic nitrogens is 1. The minimum Gasteiger partial charge on any atom is -0.361 e. The summed E-state index contributed by atoms with van der Waals surface area (Å²) in [6, 6.07) is 9.84. The van der Waals surface area contributed by atoms with Crippen LogP contribution in [0, 0.1) is 13.8 Å². The summed E-state index contributed by atoms with van der Waals surface area (Å²) in [7, 11) is -0.941. The van der Waals surface area contributed by atoms with Crippen LogP contribution in [0.1, 0.15) is 22.6 Å². The predicted octanol–water partition coefficient (Wildman–Crippen LogP) is 2.74. The predicted molar refractivity (Wildman–Crippen MR) is 68.0 cm³/mol. The Morgan fingerprint density at radius 3 is 2.65 bits per heavy atom. The average molecular weight is 249 g/mol. The zero-order valence-corrected chi connectivity index (χ0v) is 10.8. The van der Waals surface area contributed by atoms with E-state index in [0.29, 0.717) is 11.5 Å². The van der Waals surface area contributed by atoms with Crippen LogP contribution in [0.3, 0.4) is 0 Å². The van der Waals surface area contributed by atoms with Crippen LogP contribution in [0.25, 0.3) is 0 Å². The molecule has 0 aliphatic carbocycles. The van der Waals surface area contributed by atoms with Crippen LogP contribution in [0.15, 0.2) is 34.9 Å². The minimum absolute atomic E-state index is 0.450. The molecular weight excluding hydrogens is 234 g/mol. The minimum atomic E-state index is -0.941. The van der Waals surface area contributed by atoms with Crippen LogP contribution in [-0.4, -0.2) is 9.37 Å². The summed E-state index contributed by atoms with van der Waals surface area (Å²) in [6.07, 6.45) is 0. The van der Waals surface area contributed by atoms with E-state index in [9.17, 15) is 4.21 Å². The van der Waals surface area contributed by atoms with Gasteiger partial charge in [0, 0.05) is 22.6 Å². The molecular formula is C13H15NO2S. The van der Waals surface area contributed by atoms with Gasteiger partial charge in [-0.1, -0.05) is 29.4 Å². The van der Waals surface area contributed by atoms with E-state index in [1.54, 1.807) is 0 Å². The van der Waals surface area contributed by atoms with Gasteiger partial charge in [0.2, 0.25) is 0 Å². The maximum Gasteiger partial charge on any atom is 0.133 e. The van der Waals surface area contributed by atoms with Crippen molar-refractivity contribution in [1.82, 2.24) is 5.16 Å². The first-order chi connectivity index (χ1) is 8.15. The summed E-state index contributed by atoms with van der Waals surface area (Å²) < 4.78 is 16.9. The molecule has 0 saturated carbocycles. The fourth-order valence-corrected chi connectivity index (χ4v) is 2.89. The highest BCUT2D eigenvalue weighted by Crippen LogP contribution is 2.12. The SMILES string of the molecule is Cc1cc(C[S@@](=O)Cc2ccccc2C)no1. The second-order valence-electron chi connectivity index (χ2n) is 4.08. The van der Waals surface area contributed by atoms with Gasteiger partial charge in [0.1, 0.15) is 5.76 Å². The second-order valence-corrected chi connectivity index (χ2v) is 5.54. The number of aryl methyl sites for hydroxylation is 2. The Morgan fingerprint density at radius 1 is 1.24 bits per heavy atom. The van der Waals surface area contributed by atoms with Crippen molar-refractivity contribution in [3.63, 3.8) is 0 Å². The fraction of sp³-hybridized carbons (Fsp3) is 0.308. The lowest BCUT2D eigenvalue weighted by atomic mass is 10.1. The Hall–Kier alpha value is -1.42. The van der Waals surface area contributed by atoms with Crippen molar-refractivity contribution in [2.45, 2.75) is 25.4 Å². The Balaban J connectivity index is 2.01. The molecule has 1 aromatic carbocycles. The number of rotatable bonds is 4. The van der Waals surface area contributed by atoms with Gasteiger partial charge in [0.05, 0.1) is 11.4 Å². The van der Waals surface area contributed by atoms with Gasteiger partial charge in [-0.05, 0) is 25.0 Å². The number of nitrogens with zero attached hydrogens (tertiary/aromatic N) is 1. The lowest BCUT2D eigenvalue weighted by Gasteiger charge is -2.04. The molecule has 0 bridgehead atoms. The van der Waals surface area contributed by atoms with Crippen LogP contribution >= 0.6 is 0 Å². The Labute approximate surface area is 103 Å². The summed E-state index contributed by atoms with van der Waals surface area (Å²) in [6.45, 7) is 3.87. The molecule has 4 heteroatoms. The first-order valence-electron chi connectivity index (χ1n) is 5.47. The molecule has 1 aromatic heterocycles. The van der Waals surface area contributed by atoms with E-state index in [1.165, 1.54) is 5.56 Å². The molecule has 2 aromatic rings. The van der Waals surface area contributed by atoms with Gasteiger partial charge < -0.3 is 4.52 Å². The quantitative estimate of drug-likeness (QED) is 0.836. The molecule has 0 amide bonds. The van der Waals surface area contributed by atoms with Crippen LogP contribution in [0.5, 0.6) is 0 Å². The van der Waals surface area contributed by atoms with Gasteiger partial charge in [-0.15, -0.1) is 0 Å². The number of hydrogen-bond acceptors (Lipinski definition) is 3. The molecule has 0 N–H and O–H groups in total. The molecule has 0 aliphatic rings. The third kappa shape index (κ3) is 3.27. The summed E-state index contributed by atoms with van der Waals surface area (Å²) in [5, 5.41) is 3.85. The lowest BCUT2D eigenvalue weighted by molar-refractivity contribution is 0.392. The van der Waals surface area contributed by atoms with E-state index in [0.717, 1.165) is 17.0 Å². The molecule has 90 valence electrons. The Bertz CT molecular complexity index is 534. The zero-order chi connectivity index (χ0) is 12.3. The summed E-state index contributed by atoms with van der Waals surface area (Å²) >= 11 is 0. The van der Waals surface area contributed by atoms with E-state index < -0.39 is 10.8 Å². The van der Waals surface area contributed by atoms with Crippen LogP contribution in [-0.2, 0) is 22.3 Å². The van der Waals surface area contributed by atoms with Crippen molar-refractivity contribution in [3.05, 3.63) is 52.9 Å². The Morgan fingerprint density at radius 2 is 2.00 bits per heavy atom. The highest BCUT2D eigenvalue weighted by atomic mass is 32.2. The molecule has 3 nitrogen and oxygen atoms in total. The normalized spacial score (nSPS) is 12.6. The van der Waals surface area contributed by atoms with E-state index in [-0.39, 0.29) is 0 Å². The third-order valence-electron chi connectivity index (χ3n) is 2.56. The lowest BCUT2D eigenvalue weighted by Crippen LogP contribution is -2.01. The van der Waals surface area contributed by atoms with E-state index in [2.05, 4.69) is 5.16 Å². The smallest absolute Gasteiger partial charge is 0.133 e. The van der Waals surface area contributed by atoms with Gasteiger partial charge in [-0.25, -0.2) is 0 Å². The third-order valence-corrected chi connectivity index (χ3v) is 3.81. The summed E-state index contributed by atoms with van der Waals surface area (Å²) in [5.74, 6) is 1.78. The molecule has 0 aliphatic heterocycles. The maximum absolute atomic E-state index is 12.0. The van der Waals surface area contributed by atoms with Gasteiger partial charge >= 0.3 is 0 Å². The first-order valence-corrected chi connectivity index (χ1v) is 6.95. The molecule has 17 heavy (non-hydrogen) atoms. The molecule has 2 rings (SSSR count). The van der Waals surface area contributed by atoms with Crippen molar-refractivity contribution in [1.29, 1.82) is 0 Å². The van der Waals surface area contributed by atoms with E-state index in [1.807, 2.05) is 44.2 Å². The zero-order valence-electron chi connectivity index (χ0n) is 9.97. The Kier molecular flexibility index (Phi) is 3.74. The van der Waals surface area contributed by atoms with Crippen molar-refractivity contribution in [3.8, 4) is 0 Å². The summed E-state index contributed by atoms with van der Waals surface area (Å²) in [4.78, 5) is 0. The molecule has 0 spiro atoms. The van der Waals surface area contributed by atoms with Gasteiger partial charge in [-0.2, -0.15) is 0 Å².